The molecule has 0 aliphatic heterocycles. The van der Waals surface area contributed by atoms with E-state index in [1.165, 1.54) is 32.1 Å². The first-order valence-corrected chi connectivity index (χ1v) is 9.14. The van der Waals surface area contributed by atoms with Crippen molar-refractivity contribution in [3.8, 4) is 0 Å². The monoisotopic (exact) mass is 292 g/mol. The van der Waals surface area contributed by atoms with Crippen molar-refractivity contribution in [2.75, 3.05) is 0 Å². The molecule has 0 aromatic heterocycles. The standard InChI is InChI=1S/C19H32O2/c1-5-7-19(21-17(20)18(3,4)6-2)15-9-13-8-14(11-15)12-16(19)10-13/h13-16H,5-12H2,1-4H3. The molecule has 0 radical (unpaired) electrons. The van der Waals surface area contributed by atoms with E-state index >= 15 is 0 Å². The quantitative estimate of drug-likeness (QED) is 0.669. The third-order valence-electron chi connectivity index (χ3n) is 6.88. The maximum Gasteiger partial charge on any atom is 0.312 e. The number of ether oxygens (including phenoxy) is 1. The molecule has 0 aromatic rings. The number of hydrogen-bond acceptors (Lipinski definition) is 2. The van der Waals surface area contributed by atoms with Gasteiger partial charge in [-0.15, -0.1) is 0 Å². The SMILES string of the molecule is CCCC1(OC(=O)C(C)(C)CC)C2CC3CC(C2)CC1C3. The topological polar surface area (TPSA) is 26.3 Å². The molecule has 0 N–H and O–H groups in total. The van der Waals surface area contributed by atoms with Crippen molar-refractivity contribution >= 4 is 5.97 Å². The Kier molecular flexibility index (Phi) is 3.86. The number of esters is 1. The van der Waals surface area contributed by atoms with E-state index in [2.05, 4.69) is 13.8 Å². The molecule has 2 heteroatoms. The third-order valence-corrected chi connectivity index (χ3v) is 6.88. The molecule has 0 heterocycles. The van der Waals surface area contributed by atoms with Crippen LogP contribution < -0.4 is 0 Å². The average molecular weight is 292 g/mol. The van der Waals surface area contributed by atoms with Crippen LogP contribution in [0, 0.1) is 29.1 Å². The first kappa shape index (κ1) is 15.4. The van der Waals surface area contributed by atoms with Gasteiger partial charge in [0.05, 0.1) is 5.41 Å². The van der Waals surface area contributed by atoms with Gasteiger partial charge in [0, 0.05) is 0 Å². The van der Waals surface area contributed by atoms with E-state index in [1.54, 1.807) is 0 Å². The van der Waals surface area contributed by atoms with E-state index in [0.717, 1.165) is 31.1 Å². The normalized spacial score (nSPS) is 41.3. The Balaban J connectivity index is 1.85. The minimum atomic E-state index is -0.338. The van der Waals surface area contributed by atoms with Crippen LogP contribution in [-0.2, 0) is 9.53 Å². The smallest absolute Gasteiger partial charge is 0.312 e. The van der Waals surface area contributed by atoms with E-state index in [1.807, 2.05) is 13.8 Å². The summed E-state index contributed by atoms with van der Waals surface area (Å²) in [5.74, 6) is 3.19. The highest BCUT2D eigenvalue weighted by Crippen LogP contribution is 2.61. The van der Waals surface area contributed by atoms with Gasteiger partial charge in [-0.05, 0) is 82.5 Å². The third kappa shape index (κ3) is 2.43. The van der Waals surface area contributed by atoms with E-state index in [-0.39, 0.29) is 17.0 Å². The molecular formula is C19H32O2. The number of carbonyl (C=O) groups excluding carboxylic acids is 1. The van der Waals surface area contributed by atoms with Crippen LogP contribution in [0.3, 0.4) is 0 Å². The van der Waals surface area contributed by atoms with Gasteiger partial charge in [-0.2, -0.15) is 0 Å². The molecule has 0 spiro atoms. The predicted molar refractivity (Wildman–Crippen MR) is 84.8 cm³/mol. The second-order valence-corrected chi connectivity index (χ2v) is 8.64. The van der Waals surface area contributed by atoms with Crippen molar-refractivity contribution in [2.45, 2.75) is 84.7 Å². The first-order chi connectivity index (χ1) is 9.91. The lowest BCUT2D eigenvalue weighted by atomic mass is 9.49. The summed E-state index contributed by atoms with van der Waals surface area (Å²) in [6.07, 6.45) is 9.76. The van der Waals surface area contributed by atoms with Crippen LogP contribution in [0.25, 0.3) is 0 Å². The van der Waals surface area contributed by atoms with E-state index in [0.29, 0.717) is 11.8 Å². The van der Waals surface area contributed by atoms with Crippen LogP contribution in [0.4, 0.5) is 0 Å². The Bertz CT molecular complexity index is 382. The molecule has 4 rings (SSSR count). The fourth-order valence-corrected chi connectivity index (χ4v) is 5.45. The highest BCUT2D eigenvalue weighted by atomic mass is 16.6. The predicted octanol–water partition coefficient (Wildman–Crippen LogP) is 4.96. The van der Waals surface area contributed by atoms with Crippen molar-refractivity contribution in [2.24, 2.45) is 29.1 Å². The molecule has 0 aromatic carbocycles. The molecule has 4 bridgehead atoms. The lowest BCUT2D eigenvalue weighted by molar-refractivity contribution is -0.219. The molecule has 4 aliphatic carbocycles. The van der Waals surface area contributed by atoms with Crippen LogP contribution >= 0.6 is 0 Å². The minimum absolute atomic E-state index is 0.0472. The van der Waals surface area contributed by atoms with Crippen LogP contribution in [0.2, 0.25) is 0 Å². The lowest BCUT2D eigenvalue weighted by Gasteiger charge is -2.60. The maximum absolute atomic E-state index is 12.7. The Morgan fingerprint density at radius 1 is 1.05 bits per heavy atom. The van der Waals surface area contributed by atoms with Crippen molar-refractivity contribution < 1.29 is 9.53 Å². The van der Waals surface area contributed by atoms with Gasteiger partial charge in [0.15, 0.2) is 0 Å². The Hall–Kier alpha value is -0.530. The van der Waals surface area contributed by atoms with Crippen LogP contribution in [0.15, 0.2) is 0 Å². The molecule has 4 aliphatic rings. The van der Waals surface area contributed by atoms with Gasteiger partial charge in [0.2, 0.25) is 0 Å². The summed E-state index contributed by atoms with van der Waals surface area (Å²) in [4.78, 5) is 12.7. The number of hydrogen-bond donors (Lipinski definition) is 0. The summed E-state index contributed by atoms with van der Waals surface area (Å²) in [7, 11) is 0. The van der Waals surface area contributed by atoms with Gasteiger partial charge in [0.1, 0.15) is 5.60 Å². The number of rotatable bonds is 5. The molecule has 0 saturated heterocycles. The van der Waals surface area contributed by atoms with Gasteiger partial charge in [-0.1, -0.05) is 20.3 Å². The zero-order valence-corrected chi connectivity index (χ0v) is 14.3. The molecule has 120 valence electrons. The van der Waals surface area contributed by atoms with Crippen molar-refractivity contribution in [1.29, 1.82) is 0 Å². The Labute approximate surface area is 130 Å². The minimum Gasteiger partial charge on any atom is -0.458 e. The maximum atomic E-state index is 12.7. The largest absolute Gasteiger partial charge is 0.458 e. The summed E-state index contributed by atoms with van der Waals surface area (Å²) in [6.45, 7) is 8.40. The molecule has 0 unspecified atom stereocenters. The van der Waals surface area contributed by atoms with Gasteiger partial charge in [-0.25, -0.2) is 0 Å². The van der Waals surface area contributed by atoms with Crippen LogP contribution in [-0.4, -0.2) is 11.6 Å². The van der Waals surface area contributed by atoms with Crippen LogP contribution in [0.5, 0.6) is 0 Å². The summed E-state index contributed by atoms with van der Waals surface area (Å²) in [6, 6.07) is 0. The van der Waals surface area contributed by atoms with E-state index in [4.69, 9.17) is 4.74 Å². The van der Waals surface area contributed by atoms with Crippen molar-refractivity contribution in [3.63, 3.8) is 0 Å². The summed E-state index contributed by atoms with van der Waals surface area (Å²) in [5, 5.41) is 0. The van der Waals surface area contributed by atoms with Crippen LogP contribution in [0.1, 0.15) is 79.1 Å². The van der Waals surface area contributed by atoms with E-state index in [9.17, 15) is 4.79 Å². The molecule has 2 nitrogen and oxygen atoms in total. The van der Waals surface area contributed by atoms with E-state index < -0.39 is 0 Å². The molecular weight excluding hydrogens is 260 g/mol. The van der Waals surface area contributed by atoms with Crippen molar-refractivity contribution in [3.05, 3.63) is 0 Å². The van der Waals surface area contributed by atoms with Gasteiger partial charge in [-0.3, -0.25) is 4.79 Å². The second kappa shape index (κ2) is 5.28. The zero-order valence-electron chi connectivity index (χ0n) is 14.3. The molecule has 0 amide bonds. The highest BCUT2D eigenvalue weighted by Gasteiger charge is 2.59. The molecule has 4 fully saturated rings. The van der Waals surface area contributed by atoms with Gasteiger partial charge >= 0.3 is 5.97 Å². The van der Waals surface area contributed by atoms with Gasteiger partial charge in [0.25, 0.3) is 0 Å². The Morgan fingerprint density at radius 2 is 1.57 bits per heavy atom. The zero-order chi connectivity index (χ0) is 15.3. The Morgan fingerprint density at radius 3 is 2.00 bits per heavy atom. The summed E-state index contributed by atoms with van der Waals surface area (Å²) < 4.78 is 6.37. The molecule has 21 heavy (non-hydrogen) atoms. The average Bonchev–Trinajstić information content (AvgIpc) is 2.43. The fraction of sp³-hybridized carbons (Fsp3) is 0.947. The highest BCUT2D eigenvalue weighted by molar-refractivity contribution is 5.76. The fourth-order valence-electron chi connectivity index (χ4n) is 5.45. The lowest BCUT2D eigenvalue weighted by Crippen LogP contribution is -2.60. The van der Waals surface area contributed by atoms with Gasteiger partial charge < -0.3 is 4.74 Å². The molecule has 4 saturated carbocycles. The first-order valence-electron chi connectivity index (χ1n) is 9.14. The second-order valence-electron chi connectivity index (χ2n) is 8.64. The number of carbonyl (C=O) groups is 1. The molecule has 0 atom stereocenters. The summed E-state index contributed by atoms with van der Waals surface area (Å²) >= 11 is 0. The van der Waals surface area contributed by atoms with Crippen molar-refractivity contribution in [1.82, 2.24) is 0 Å². The summed E-state index contributed by atoms with van der Waals surface area (Å²) in [5.41, 5.74) is -0.457.